The van der Waals surface area contributed by atoms with Crippen molar-refractivity contribution in [3.8, 4) is 0 Å². The summed E-state index contributed by atoms with van der Waals surface area (Å²) in [6.07, 6.45) is 3.33. The summed E-state index contributed by atoms with van der Waals surface area (Å²) in [6.45, 7) is 7.81. The third kappa shape index (κ3) is 4.57. The number of rotatable bonds is 5. The monoisotopic (exact) mass is 722 g/mol. The molecule has 6 saturated carbocycles. The summed E-state index contributed by atoms with van der Waals surface area (Å²) in [5, 5.41) is 71.2. The van der Waals surface area contributed by atoms with Crippen LogP contribution in [0.2, 0.25) is 0 Å². The van der Waals surface area contributed by atoms with Crippen molar-refractivity contribution < 1.29 is 49.8 Å². The number of aliphatic hydroxyl groups excluding tert-OH is 4. The zero-order valence-corrected chi connectivity index (χ0v) is 31.1. The molecule has 0 bridgehead atoms. The molecule has 2 unspecified atom stereocenters. The quantitative estimate of drug-likeness (QED) is 0.246. The van der Waals surface area contributed by atoms with Gasteiger partial charge in [0.05, 0.1) is 12.2 Å². The number of Topliss-reactive ketones (excluding diaryl/α,β-unsaturated/α-hetero) is 2. The zero-order chi connectivity index (χ0) is 37.6. The van der Waals surface area contributed by atoms with Crippen LogP contribution in [0.5, 0.6) is 0 Å². The lowest BCUT2D eigenvalue weighted by atomic mass is 9.45. The first kappa shape index (κ1) is 36.9. The van der Waals surface area contributed by atoms with E-state index in [1.807, 2.05) is 0 Å². The maximum absolute atomic E-state index is 14.3. The van der Waals surface area contributed by atoms with Crippen molar-refractivity contribution >= 4 is 23.1 Å². The molecule has 10 nitrogen and oxygen atoms in total. The number of aliphatic hydroxyl groups is 6. The third-order valence-electron chi connectivity index (χ3n) is 17.7. The van der Waals surface area contributed by atoms with E-state index in [1.165, 1.54) is 0 Å². The molecule has 0 aromatic carbocycles. The van der Waals surface area contributed by atoms with Gasteiger partial charge < -0.3 is 30.6 Å². The topological polar surface area (TPSA) is 190 Å². The minimum atomic E-state index is -2.29. The zero-order valence-electron chi connectivity index (χ0n) is 31.1. The summed E-state index contributed by atoms with van der Waals surface area (Å²) in [6, 6.07) is 0. The van der Waals surface area contributed by atoms with Crippen molar-refractivity contribution in [3.63, 3.8) is 0 Å². The van der Waals surface area contributed by atoms with Gasteiger partial charge in [-0.05, 0) is 136 Å². The van der Waals surface area contributed by atoms with Crippen LogP contribution in [0.4, 0.5) is 0 Å². The van der Waals surface area contributed by atoms with E-state index < -0.39 is 58.0 Å². The van der Waals surface area contributed by atoms with Gasteiger partial charge >= 0.3 is 0 Å². The van der Waals surface area contributed by atoms with Gasteiger partial charge in [-0.1, -0.05) is 38.8 Å². The maximum atomic E-state index is 14.3. The first-order valence-corrected chi connectivity index (χ1v) is 20.0. The summed E-state index contributed by atoms with van der Waals surface area (Å²) < 4.78 is 0. The van der Waals surface area contributed by atoms with Crippen molar-refractivity contribution in [2.24, 2.45) is 57.2 Å². The van der Waals surface area contributed by atoms with Crippen molar-refractivity contribution in [2.75, 3.05) is 0 Å². The van der Waals surface area contributed by atoms with Crippen LogP contribution < -0.4 is 0 Å². The lowest BCUT2D eigenvalue weighted by molar-refractivity contribution is -0.197. The molecule has 286 valence electrons. The number of hydrogen-bond acceptors (Lipinski definition) is 10. The van der Waals surface area contributed by atoms with Crippen LogP contribution in [0.1, 0.15) is 118 Å². The molecule has 0 aromatic heterocycles. The van der Waals surface area contributed by atoms with E-state index in [0.717, 1.165) is 11.1 Å². The van der Waals surface area contributed by atoms with Gasteiger partial charge in [-0.2, -0.15) is 0 Å². The summed E-state index contributed by atoms with van der Waals surface area (Å²) in [4.78, 5) is 53.1. The van der Waals surface area contributed by atoms with Crippen LogP contribution >= 0.6 is 0 Å². The highest BCUT2D eigenvalue weighted by Gasteiger charge is 2.72. The molecule has 6 N–H and O–H groups in total. The van der Waals surface area contributed by atoms with Crippen LogP contribution in [-0.2, 0) is 19.2 Å². The number of fused-ring (bicyclic) bond motifs is 10. The van der Waals surface area contributed by atoms with Crippen LogP contribution in [0.15, 0.2) is 23.3 Å². The van der Waals surface area contributed by atoms with Crippen molar-refractivity contribution in [1.82, 2.24) is 0 Å². The Labute approximate surface area is 306 Å². The fourth-order valence-corrected chi connectivity index (χ4v) is 15.0. The molecule has 8 aliphatic carbocycles. The number of carbonyl (C=O) groups excluding carboxylic acids is 4. The number of hydrogen-bond donors (Lipinski definition) is 6. The lowest BCUT2D eigenvalue weighted by Gasteiger charge is -2.60. The molecule has 8 rings (SSSR count). The highest BCUT2D eigenvalue weighted by molar-refractivity contribution is 6.01. The first-order valence-electron chi connectivity index (χ1n) is 20.0. The van der Waals surface area contributed by atoms with Gasteiger partial charge in [0, 0.05) is 23.7 Å². The molecule has 52 heavy (non-hydrogen) atoms. The van der Waals surface area contributed by atoms with Gasteiger partial charge in [0.25, 0.3) is 0 Å². The van der Waals surface area contributed by atoms with Crippen molar-refractivity contribution in [3.05, 3.63) is 23.3 Å². The third-order valence-corrected chi connectivity index (χ3v) is 17.7. The maximum Gasteiger partial charge on any atom is 0.196 e. The van der Waals surface area contributed by atoms with Gasteiger partial charge in [0.1, 0.15) is 23.4 Å². The Morgan fingerprint density at radius 3 is 1.35 bits per heavy atom. The van der Waals surface area contributed by atoms with Gasteiger partial charge in [0.2, 0.25) is 0 Å². The molecule has 0 spiro atoms. The van der Waals surface area contributed by atoms with Gasteiger partial charge in [-0.15, -0.1) is 0 Å². The Kier molecular flexibility index (Phi) is 8.31. The van der Waals surface area contributed by atoms with E-state index in [9.17, 15) is 49.8 Å². The Morgan fingerprint density at radius 1 is 0.615 bits per heavy atom. The molecular weight excluding hydrogens is 664 g/mol. The minimum Gasteiger partial charge on any atom is -0.393 e. The Morgan fingerprint density at radius 2 is 0.981 bits per heavy atom. The van der Waals surface area contributed by atoms with Crippen LogP contribution in [0, 0.1) is 57.2 Å². The second kappa shape index (κ2) is 11.7. The van der Waals surface area contributed by atoms with Crippen LogP contribution in [0.3, 0.4) is 0 Å². The molecule has 0 aromatic rings. The predicted molar refractivity (Wildman–Crippen MR) is 188 cm³/mol. The number of ketones is 4. The average molecular weight is 723 g/mol. The fraction of sp³-hybridized carbons (Fsp3) is 0.810. The molecular formula is C42H58O10. The molecule has 0 saturated heterocycles. The Hall–Kier alpha value is -2.08. The second-order valence-corrected chi connectivity index (χ2v) is 19.6. The molecule has 16 atom stereocenters. The van der Waals surface area contributed by atoms with Gasteiger partial charge in [-0.3, -0.25) is 19.2 Å². The number of carbonyl (C=O) groups is 4. The van der Waals surface area contributed by atoms with E-state index in [1.54, 1.807) is 26.0 Å². The molecule has 10 heteroatoms. The SMILES string of the molecule is C[C@]12CCC(=O)C=C1CC[C@@H]1[C@@H]2[C@@H](O)C[C@@]2(C)[C@H]1CC[C@]2(O)C(=O)C(O)C(O)C(=O)[C@@]1(O)CC[C@H]2[C@@H]3CCC4=CC(=O)CC[C@]4(C)[C@H]3[C@@H](O)C[C@@]21C. The average Bonchev–Trinajstić information content (AvgIpc) is 3.52. The Bertz CT molecular complexity index is 1550. The van der Waals surface area contributed by atoms with E-state index >= 15 is 0 Å². The second-order valence-electron chi connectivity index (χ2n) is 19.6. The molecule has 0 radical (unpaired) electrons. The largest absolute Gasteiger partial charge is 0.393 e. The standard InChI is InChI=1S/C42H58O10/c1-37-13-9-23(43)17-21(37)5-7-25-27-11-15-41(51,39(27,3)19-29(45)31(25)37)35(49)33(47)34(48)36(50)42(52)16-12-28-26-8-6-22-18-24(44)10-14-38(22,2)32(26)30(46)20-40(28,42)4/h17-18,25-34,45-48,51-52H,5-16,19-20H2,1-4H3/t25-,26-,27-,28-,29-,30-,31+,32+,33?,34?,37-,38-,39-,40-,41-,42-/m0/s1. The van der Waals surface area contributed by atoms with Crippen LogP contribution in [0.25, 0.3) is 0 Å². The van der Waals surface area contributed by atoms with Gasteiger partial charge in [-0.25, -0.2) is 0 Å². The summed E-state index contributed by atoms with van der Waals surface area (Å²) in [7, 11) is 0. The van der Waals surface area contributed by atoms with E-state index in [0.29, 0.717) is 64.2 Å². The van der Waals surface area contributed by atoms with E-state index in [-0.39, 0.29) is 83.6 Å². The molecule has 0 amide bonds. The molecule has 6 fully saturated rings. The molecule has 8 aliphatic rings. The van der Waals surface area contributed by atoms with Crippen molar-refractivity contribution in [2.45, 2.75) is 153 Å². The summed E-state index contributed by atoms with van der Waals surface area (Å²) in [5.74, 6) is -2.54. The molecule has 0 heterocycles. The van der Waals surface area contributed by atoms with Crippen LogP contribution in [-0.4, -0.2) is 89.4 Å². The lowest BCUT2D eigenvalue weighted by Crippen LogP contribution is -2.66. The van der Waals surface area contributed by atoms with Gasteiger partial charge in [0.15, 0.2) is 23.1 Å². The Balaban J connectivity index is 1.02. The first-order chi connectivity index (χ1) is 24.3. The number of allylic oxidation sites excluding steroid dienone is 2. The van der Waals surface area contributed by atoms with E-state index in [2.05, 4.69) is 13.8 Å². The highest BCUT2D eigenvalue weighted by Crippen LogP contribution is 2.69. The summed E-state index contributed by atoms with van der Waals surface area (Å²) >= 11 is 0. The fourth-order valence-electron chi connectivity index (χ4n) is 15.0. The summed E-state index contributed by atoms with van der Waals surface area (Å²) in [5.41, 5.74) is -5.07. The highest BCUT2D eigenvalue weighted by atomic mass is 16.4. The van der Waals surface area contributed by atoms with Crippen molar-refractivity contribution in [1.29, 1.82) is 0 Å². The normalized spacial score (nSPS) is 52.1. The predicted octanol–water partition coefficient (Wildman–Crippen LogP) is 3.31. The van der Waals surface area contributed by atoms with E-state index in [4.69, 9.17) is 0 Å². The minimum absolute atomic E-state index is 0.0128. The smallest absolute Gasteiger partial charge is 0.196 e. The molecule has 0 aliphatic heterocycles.